The van der Waals surface area contributed by atoms with Crippen molar-refractivity contribution >= 4 is 23.5 Å². The van der Waals surface area contributed by atoms with Gasteiger partial charge in [0, 0.05) is 25.7 Å². The van der Waals surface area contributed by atoms with Crippen LogP contribution >= 0.6 is 11.6 Å². The first-order chi connectivity index (χ1) is 11.7. The normalized spacial score (nSPS) is 27.2. The largest absolute Gasteiger partial charge is 0.341 e. The van der Waals surface area contributed by atoms with Crippen molar-refractivity contribution in [3.05, 3.63) is 16.9 Å². The molecule has 2 atom stereocenters. The zero-order chi connectivity index (χ0) is 16.5. The standard InChI is InChI=1S/C18H25ClN4O/c19-14-12-20-18(22-9-3-4-10-22)21-16(14)17(24)23-11-5-7-13-6-1-2-8-15(13)23/h12-13,15H,1-11H2/t13-,15+/m0/s1. The zero-order valence-corrected chi connectivity index (χ0v) is 14.8. The van der Waals surface area contributed by atoms with Gasteiger partial charge >= 0.3 is 0 Å². The van der Waals surface area contributed by atoms with Gasteiger partial charge in [-0.15, -0.1) is 0 Å². The van der Waals surface area contributed by atoms with Crippen LogP contribution in [0.2, 0.25) is 5.02 Å². The molecule has 1 amide bonds. The fourth-order valence-electron chi connectivity index (χ4n) is 4.59. The lowest BCUT2D eigenvalue weighted by atomic mass is 9.78. The Bertz CT molecular complexity index is 615. The maximum Gasteiger partial charge on any atom is 0.274 e. The highest BCUT2D eigenvalue weighted by molar-refractivity contribution is 6.33. The van der Waals surface area contributed by atoms with Crippen molar-refractivity contribution < 1.29 is 4.79 Å². The van der Waals surface area contributed by atoms with E-state index in [4.69, 9.17) is 11.6 Å². The molecule has 0 spiro atoms. The van der Waals surface area contributed by atoms with E-state index in [9.17, 15) is 4.79 Å². The van der Waals surface area contributed by atoms with Gasteiger partial charge in [0.25, 0.3) is 5.91 Å². The van der Waals surface area contributed by atoms with Crippen molar-refractivity contribution in [2.45, 2.75) is 57.4 Å². The van der Waals surface area contributed by atoms with Crippen LogP contribution in [0.1, 0.15) is 61.9 Å². The molecule has 0 aromatic carbocycles. The first-order valence-corrected chi connectivity index (χ1v) is 9.70. The van der Waals surface area contributed by atoms with E-state index in [1.807, 2.05) is 0 Å². The molecule has 1 aliphatic carbocycles. The minimum absolute atomic E-state index is 0.000512. The highest BCUT2D eigenvalue weighted by Crippen LogP contribution is 2.36. The average molecular weight is 349 g/mol. The predicted molar refractivity (Wildman–Crippen MR) is 94.5 cm³/mol. The van der Waals surface area contributed by atoms with Gasteiger partial charge in [-0.25, -0.2) is 9.97 Å². The summed E-state index contributed by atoms with van der Waals surface area (Å²) in [5.41, 5.74) is 0.389. The fourth-order valence-corrected chi connectivity index (χ4v) is 4.76. The Kier molecular flexibility index (Phi) is 4.61. The summed E-state index contributed by atoms with van der Waals surface area (Å²) in [6, 6.07) is 0.376. The van der Waals surface area contributed by atoms with Crippen LogP contribution in [0.4, 0.5) is 5.95 Å². The Labute approximate surface area is 148 Å². The van der Waals surface area contributed by atoms with Gasteiger partial charge in [-0.3, -0.25) is 4.79 Å². The van der Waals surface area contributed by atoms with Crippen LogP contribution in [0, 0.1) is 5.92 Å². The van der Waals surface area contributed by atoms with Gasteiger partial charge in [0.2, 0.25) is 5.95 Å². The van der Waals surface area contributed by atoms with E-state index >= 15 is 0 Å². The molecule has 130 valence electrons. The molecule has 1 saturated carbocycles. The number of anilines is 1. The van der Waals surface area contributed by atoms with Gasteiger partial charge in [-0.2, -0.15) is 0 Å². The van der Waals surface area contributed by atoms with Crippen molar-refractivity contribution in [1.82, 2.24) is 14.9 Å². The van der Waals surface area contributed by atoms with E-state index in [1.165, 1.54) is 25.7 Å². The van der Waals surface area contributed by atoms with Crippen molar-refractivity contribution in [2.75, 3.05) is 24.5 Å². The summed E-state index contributed by atoms with van der Waals surface area (Å²) in [6.45, 7) is 2.76. The molecular weight excluding hydrogens is 324 g/mol. The predicted octanol–water partition coefficient (Wildman–Crippen LogP) is 3.53. The lowest BCUT2D eigenvalue weighted by Crippen LogP contribution is -2.50. The summed E-state index contributed by atoms with van der Waals surface area (Å²) >= 11 is 6.30. The molecule has 6 heteroatoms. The zero-order valence-electron chi connectivity index (χ0n) is 14.1. The highest BCUT2D eigenvalue weighted by Gasteiger charge is 2.37. The molecule has 0 radical (unpaired) electrons. The van der Waals surface area contributed by atoms with Crippen LogP contribution < -0.4 is 4.90 Å². The summed E-state index contributed by atoms with van der Waals surface area (Å²) in [6.07, 6.45) is 11.2. The van der Waals surface area contributed by atoms with Crippen LogP contribution in [0.3, 0.4) is 0 Å². The Morgan fingerprint density at radius 1 is 1.04 bits per heavy atom. The van der Waals surface area contributed by atoms with Gasteiger partial charge in [0.05, 0.1) is 11.2 Å². The molecular formula is C18H25ClN4O. The molecule has 3 aliphatic rings. The fraction of sp³-hybridized carbons (Fsp3) is 0.722. The number of likely N-dealkylation sites (tertiary alicyclic amines) is 1. The quantitative estimate of drug-likeness (QED) is 0.820. The minimum Gasteiger partial charge on any atom is -0.341 e. The monoisotopic (exact) mass is 348 g/mol. The minimum atomic E-state index is -0.000512. The third-order valence-corrected chi connectivity index (χ3v) is 6.10. The van der Waals surface area contributed by atoms with Crippen LogP contribution in [0.15, 0.2) is 6.20 Å². The summed E-state index contributed by atoms with van der Waals surface area (Å²) in [4.78, 5) is 26.3. The van der Waals surface area contributed by atoms with Crippen molar-refractivity contribution in [3.63, 3.8) is 0 Å². The van der Waals surface area contributed by atoms with E-state index in [-0.39, 0.29) is 5.91 Å². The lowest BCUT2D eigenvalue weighted by Gasteiger charge is -2.44. The number of carbonyl (C=O) groups is 1. The number of piperidine rings is 1. The first kappa shape index (κ1) is 16.1. The topological polar surface area (TPSA) is 49.3 Å². The number of hydrogen-bond acceptors (Lipinski definition) is 4. The van der Waals surface area contributed by atoms with Crippen LogP contribution in [-0.2, 0) is 0 Å². The van der Waals surface area contributed by atoms with Crippen molar-refractivity contribution in [2.24, 2.45) is 5.92 Å². The van der Waals surface area contributed by atoms with Gasteiger partial charge in [0.15, 0.2) is 5.69 Å². The second-order valence-electron chi connectivity index (χ2n) is 7.31. The molecule has 1 aromatic heterocycles. The number of amides is 1. The van der Waals surface area contributed by atoms with Gasteiger partial charge < -0.3 is 9.80 Å². The van der Waals surface area contributed by atoms with Gasteiger partial charge in [-0.05, 0) is 44.4 Å². The maximum absolute atomic E-state index is 13.2. The SMILES string of the molecule is O=C(c1nc(N2CCCC2)ncc1Cl)N1CCC[C@@H]2CCCC[C@H]21. The van der Waals surface area contributed by atoms with Crippen LogP contribution in [0.25, 0.3) is 0 Å². The second-order valence-corrected chi connectivity index (χ2v) is 7.72. The third kappa shape index (κ3) is 2.99. The van der Waals surface area contributed by atoms with E-state index in [2.05, 4.69) is 19.8 Å². The summed E-state index contributed by atoms with van der Waals surface area (Å²) in [5, 5.41) is 0.376. The van der Waals surface area contributed by atoms with Crippen LogP contribution in [-0.4, -0.2) is 46.5 Å². The molecule has 24 heavy (non-hydrogen) atoms. The van der Waals surface area contributed by atoms with Crippen molar-refractivity contribution in [1.29, 1.82) is 0 Å². The molecule has 0 N–H and O–H groups in total. The molecule has 0 bridgehead atoms. The smallest absolute Gasteiger partial charge is 0.274 e. The summed E-state index contributed by atoms with van der Waals surface area (Å²) < 4.78 is 0. The number of hydrogen-bond donors (Lipinski definition) is 0. The number of fused-ring (bicyclic) bond motifs is 1. The van der Waals surface area contributed by atoms with E-state index in [0.717, 1.165) is 45.3 Å². The number of nitrogens with zero attached hydrogens (tertiary/aromatic N) is 4. The average Bonchev–Trinajstić information content (AvgIpc) is 3.16. The highest BCUT2D eigenvalue weighted by atomic mass is 35.5. The molecule has 5 nitrogen and oxygen atoms in total. The summed E-state index contributed by atoms with van der Waals surface area (Å²) in [7, 11) is 0. The molecule has 2 saturated heterocycles. The number of aromatic nitrogens is 2. The van der Waals surface area contributed by atoms with E-state index in [1.54, 1.807) is 6.20 Å². The number of rotatable bonds is 2. The Hall–Kier alpha value is -1.36. The molecule has 3 fully saturated rings. The van der Waals surface area contributed by atoms with Gasteiger partial charge in [-0.1, -0.05) is 24.4 Å². The number of carbonyl (C=O) groups excluding carboxylic acids is 1. The molecule has 3 heterocycles. The summed E-state index contributed by atoms with van der Waals surface area (Å²) in [5.74, 6) is 1.31. The molecule has 0 unspecified atom stereocenters. The Morgan fingerprint density at radius 2 is 1.79 bits per heavy atom. The molecule has 4 rings (SSSR count). The second kappa shape index (κ2) is 6.87. The van der Waals surface area contributed by atoms with Crippen LogP contribution in [0.5, 0.6) is 0 Å². The van der Waals surface area contributed by atoms with Gasteiger partial charge in [0.1, 0.15) is 0 Å². The molecule has 2 aliphatic heterocycles. The van der Waals surface area contributed by atoms with E-state index < -0.39 is 0 Å². The Morgan fingerprint density at radius 3 is 2.62 bits per heavy atom. The lowest BCUT2D eigenvalue weighted by molar-refractivity contribution is 0.0385. The van der Waals surface area contributed by atoms with Crippen molar-refractivity contribution in [3.8, 4) is 0 Å². The number of halogens is 1. The molecule has 1 aromatic rings. The third-order valence-electron chi connectivity index (χ3n) is 5.83. The Balaban J connectivity index is 1.59. The van der Waals surface area contributed by atoms with E-state index in [0.29, 0.717) is 28.6 Å². The maximum atomic E-state index is 13.2. The first-order valence-electron chi connectivity index (χ1n) is 9.32.